The van der Waals surface area contributed by atoms with Gasteiger partial charge in [0.1, 0.15) is 0 Å². The monoisotopic (exact) mass is 909 g/mol. The van der Waals surface area contributed by atoms with Crippen molar-refractivity contribution in [2.75, 3.05) is 11.4 Å². The van der Waals surface area contributed by atoms with Gasteiger partial charge in [-0.05, 0) is 17.0 Å². The van der Waals surface area contributed by atoms with Crippen LogP contribution in [0, 0.1) is 15.9 Å². The second kappa shape index (κ2) is 14.7. The minimum atomic E-state index is 0.0246. The first-order chi connectivity index (χ1) is 27.2. The van der Waals surface area contributed by atoms with Crippen LogP contribution in [0.25, 0.3) is 44.7 Å². The Labute approximate surface area is 339 Å². The average Bonchev–Trinajstić information content (AvgIpc) is 3.52. The Morgan fingerprint density at radius 1 is 0.679 bits per heavy atom. The molecule has 56 heavy (non-hydrogen) atoms. The molecule has 0 radical (unpaired) electrons. The molecule has 3 heterocycles. The maximum atomic E-state index is 6.62. The summed E-state index contributed by atoms with van der Waals surface area (Å²) in [6.07, 6.45) is 2.97. The van der Waals surface area contributed by atoms with Gasteiger partial charge < -0.3 is 0 Å². The van der Waals surface area contributed by atoms with Crippen LogP contribution in [0.15, 0.2) is 152 Å². The standard InChI is InChI=1S/C50H42N4O.Pt/c1-35-28-30-52(48-31-38(27-29-51-48)50(2,3)4)47-33-41(25-26-42(35)47)55-40-20-13-19-39(32-40)53-34-54(46-24-12-11-23-45(46)53)49-43(36-15-7-5-8-16-36)21-14-22-44(49)37-17-9-6-10-18-37;/h5-27,29,31,35H,28,30H2,1-4H3;/q-2;. The van der Waals surface area contributed by atoms with Gasteiger partial charge in [-0.25, -0.2) is 0 Å². The summed E-state index contributed by atoms with van der Waals surface area (Å²) >= 11 is 2.47. The van der Waals surface area contributed by atoms with Gasteiger partial charge in [-0.1, -0.05) is 20.8 Å². The van der Waals surface area contributed by atoms with E-state index in [-0.39, 0.29) is 5.41 Å². The molecule has 1 aliphatic heterocycles. The molecule has 1 aliphatic rings. The molecule has 1 atom stereocenters. The first-order valence-electron chi connectivity index (χ1n) is 19.2. The van der Waals surface area contributed by atoms with E-state index in [1.54, 1.807) is 0 Å². The van der Waals surface area contributed by atoms with Crippen LogP contribution < -0.4 is 9.64 Å². The van der Waals surface area contributed by atoms with E-state index in [2.05, 4.69) is 201 Å². The number of aromatic nitrogens is 3. The van der Waals surface area contributed by atoms with E-state index < -0.39 is 0 Å². The molecule has 0 bridgehead atoms. The Morgan fingerprint density at radius 3 is 1.98 bits per heavy atom. The van der Waals surface area contributed by atoms with Crippen LogP contribution in [-0.2, 0) is 24.8 Å². The van der Waals surface area contributed by atoms with Crippen molar-refractivity contribution in [2.24, 2.45) is 0 Å². The van der Waals surface area contributed by atoms with Gasteiger partial charge in [0.25, 0.3) is 0 Å². The molecule has 9 rings (SSSR count). The summed E-state index contributed by atoms with van der Waals surface area (Å²) in [5.41, 5.74) is 12.4. The number of pyridine rings is 1. The van der Waals surface area contributed by atoms with E-state index >= 15 is 0 Å². The minimum absolute atomic E-state index is 0.0246. The first kappa shape index (κ1) is 35.9. The normalized spacial score (nSPS) is 14.2. The number of hydrogen-bond donors (Lipinski definition) is 0. The maximum absolute atomic E-state index is 6.62. The SMILES string of the molecule is CC1CCN(c2cc(C(C)(C)C)ccn2)c2[c-]c(Oc3[c-]c(-n4[c](=[Pt])n(-c5c(-c6ccccc6)cccc5-c5ccccc5)c5ccccc54)ccc3)ccc21. The van der Waals surface area contributed by atoms with Crippen molar-refractivity contribution in [3.63, 3.8) is 0 Å². The van der Waals surface area contributed by atoms with Crippen LogP contribution in [0.4, 0.5) is 11.5 Å². The van der Waals surface area contributed by atoms with Crippen LogP contribution in [-0.4, -0.2) is 20.7 Å². The third kappa shape index (κ3) is 6.65. The molecule has 0 spiro atoms. The number of hydrogen-bond acceptors (Lipinski definition) is 3. The average molecular weight is 910 g/mol. The van der Waals surface area contributed by atoms with Crippen molar-refractivity contribution in [1.29, 1.82) is 0 Å². The van der Waals surface area contributed by atoms with Crippen molar-refractivity contribution in [2.45, 2.75) is 45.4 Å². The van der Waals surface area contributed by atoms with Crippen molar-refractivity contribution in [3.05, 3.63) is 179 Å². The molecule has 2 aromatic heterocycles. The van der Waals surface area contributed by atoms with Crippen molar-refractivity contribution < 1.29 is 24.1 Å². The summed E-state index contributed by atoms with van der Waals surface area (Å²) in [6, 6.07) is 58.4. The quantitative estimate of drug-likeness (QED) is 0.149. The molecular weight excluding hydrogens is 868 g/mol. The third-order valence-electron chi connectivity index (χ3n) is 10.8. The van der Waals surface area contributed by atoms with Gasteiger partial charge in [-0.15, -0.1) is 0 Å². The second-order valence-corrected chi connectivity index (χ2v) is 16.5. The van der Waals surface area contributed by atoms with Crippen LogP contribution in [0.2, 0.25) is 0 Å². The van der Waals surface area contributed by atoms with Crippen molar-refractivity contribution >= 4 is 22.5 Å². The Morgan fingerprint density at radius 2 is 1.30 bits per heavy atom. The van der Waals surface area contributed by atoms with Crippen LogP contribution in [0.1, 0.15) is 51.2 Å². The van der Waals surface area contributed by atoms with E-state index in [4.69, 9.17) is 9.72 Å². The van der Waals surface area contributed by atoms with Crippen LogP contribution in [0.3, 0.4) is 0 Å². The number of ether oxygens (including phenoxy) is 1. The van der Waals surface area contributed by atoms with E-state index in [1.807, 2.05) is 24.4 Å². The number of fused-ring (bicyclic) bond motifs is 2. The van der Waals surface area contributed by atoms with Crippen molar-refractivity contribution in [1.82, 2.24) is 14.1 Å². The van der Waals surface area contributed by atoms with Gasteiger partial charge >= 0.3 is 298 Å². The van der Waals surface area contributed by atoms with Crippen LogP contribution >= 0.6 is 0 Å². The van der Waals surface area contributed by atoms with E-state index in [9.17, 15) is 0 Å². The fraction of sp³-hybridized carbons (Fsp3) is 0.160. The molecule has 0 saturated heterocycles. The van der Waals surface area contributed by atoms with E-state index in [1.165, 1.54) is 11.1 Å². The summed E-state index contributed by atoms with van der Waals surface area (Å²) in [6.45, 7) is 9.88. The zero-order valence-corrected chi connectivity index (χ0v) is 34.2. The third-order valence-corrected chi connectivity index (χ3v) is 11.8. The van der Waals surface area contributed by atoms with Gasteiger partial charge in [0, 0.05) is 6.20 Å². The number of benzene rings is 6. The first-order valence-corrected chi connectivity index (χ1v) is 20.3. The van der Waals surface area contributed by atoms with E-state index in [0.29, 0.717) is 17.4 Å². The van der Waals surface area contributed by atoms with Crippen molar-refractivity contribution in [3.8, 4) is 45.1 Å². The molecule has 8 aromatic rings. The molecule has 0 amide bonds. The predicted octanol–water partition coefficient (Wildman–Crippen LogP) is 12.6. The zero-order valence-electron chi connectivity index (χ0n) is 31.9. The van der Waals surface area contributed by atoms with Crippen LogP contribution in [0.5, 0.6) is 11.5 Å². The van der Waals surface area contributed by atoms with Gasteiger partial charge in [0.2, 0.25) is 0 Å². The summed E-state index contributed by atoms with van der Waals surface area (Å²) in [5, 5.41) is 0. The number of para-hydroxylation sites is 3. The number of nitrogens with zero attached hydrogens (tertiary/aromatic N) is 4. The fourth-order valence-corrected chi connectivity index (χ4v) is 8.87. The molecule has 1 unspecified atom stereocenters. The molecule has 0 fully saturated rings. The Kier molecular flexibility index (Phi) is 9.43. The number of anilines is 2. The molecule has 280 valence electrons. The van der Waals surface area contributed by atoms with Gasteiger partial charge in [-0.2, -0.15) is 0 Å². The molecular formula is C50H42N4OPt-2. The van der Waals surface area contributed by atoms with Gasteiger partial charge in [0.15, 0.2) is 0 Å². The van der Waals surface area contributed by atoms with Gasteiger partial charge in [-0.3, -0.25) is 0 Å². The summed E-state index contributed by atoms with van der Waals surface area (Å²) < 4.78 is 12.3. The summed E-state index contributed by atoms with van der Waals surface area (Å²) in [4.78, 5) is 7.11. The number of rotatable bonds is 7. The molecule has 6 heteroatoms. The molecule has 6 aromatic carbocycles. The summed E-state index contributed by atoms with van der Waals surface area (Å²) in [5.74, 6) is 2.63. The fourth-order valence-electron chi connectivity index (χ4n) is 7.79. The Bertz CT molecular complexity index is 2700. The molecule has 0 N–H and O–H groups in total. The number of imidazole rings is 1. The summed E-state index contributed by atoms with van der Waals surface area (Å²) in [7, 11) is 0. The molecule has 0 saturated carbocycles. The Hall–Kier alpha value is -5.77. The molecule has 5 nitrogen and oxygen atoms in total. The van der Waals surface area contributed by atoms with E-state index in [0.717, 1.165) is 72.9 Å². The Balaban J connectivity index is 1.14. The van der Waals surface area contributed by atoms with Gasteiger partial charge in [0.05, 0.1) is 0 Å². The topological polar surface area (TPSA) is 35.2 Å². The predicted molar refractivity (Wildman–Crippen MR) is 224 cm³/mol. The molecule has 0 aliphatic carbocycles. The second-order valence-electron chi connectivity index (χ2n) is 15.5. The zero-order chi connectivity index (χ0) is 38.4.